The molecule has 0 amide bonds. The van der Waals surface area contributed by atoms with Crippen molar-refractivity contribution in [3.05, 3.63) is 29.6 Å². The number of ether oxygens (including phenoxy) is 1. The van der Waals surface area contributed by atoms with Crippen LogP contribution < -0.4 is 10.1 Å². The first-order chi connectivity index (χ1) is 10.4. The number of aliphatic hydroxyl groups excluding tert-OH is 1. The highest BCUT2D eigenvalue weighted by atomic mass is 35.5. The van der Waals surface area contributed by atoms with Gasteiger partial charge in [-0.2, -0.15) is 0 Å². The zero-order valence-corrected chi connectivity index (χ0v) is 13.1. The fourth-order valence-electron chi connectivity index (χ4n) is 2.61. The molecule has 0 radical (unpaired) electrons. The summed E-state index contributed by atoms with van der Waals surface area (Å²) in [7, 11) is 0. The third-order valence-corrected chi connectivity index (χ3v) is 3.56. The van der Waals surface area contributed by atoms with E-state index in [0.29, 0.717) is 12.0 Å². The maximum Gasteiger partial charge on any atom is 0.573 e. The number of halogens is 5. The predicted octanol–water partition coefficient (Wildman–Crippen LogP) is 2.47. The monoisotopic (exact) mass is 358 g/mol. The second-order valence-electron chi connectivity index (χ2n) is 5.05. The summed E-state index contributed by atoms with van der Waals surface area (Å²) in [5.41, 5.74) is 0.531. The van der Waals surface area contributed by atoms with Crippen LogP contribution in [0.3, 0.4) is 0 Å². The molecule has 1 aromatic carbocycles. The number of nitrogens with zero attached hydrogens (tertiary/aromatic N) is 1. The van der Waals surface area contributed by atoms with Gasteiger partial charge in [-0.1, -0.05) is 6.07 Å². The Labute approximate surface area is 137 Å². The largest absolute Gasteiger partial charge is 0.573 e. The van der Waals surface area contributed by atoms with Crippen LogP contribution in [-0.2, 0) is 0 Å². The SMILES string of the molecule is Cl.OCC[C@H](c1ccc(OC(F)(F)F)c(F)c1)N1CCNCC1. The first kappa shape index (κ1) is 20.0. The van der Waals surface area contributed by atoms with E-state index in [1.165, 1.54) is 6.07 Å². The highest BCUT2D eigenvalue weighted by molar-refractivity contribution is 5.85. The summed E-state index contributed by atoms with van der Waals surface area (Å²) in [4.78, 5) is 2.08. The molecule has 4 nitrogen and oxygen atoms in total. The van der Waals surface area contributed by atoms with Crippen molar-refractivity contribution in [3.8, 4) is 5.75 Å². The van der Waals surface area contributed by atoms with Gasteiger partial charge in [0.15, 0.2) is 11.6 Å². The molecule has 9 heteroatoms. The molecule has 1 atom stereocenters. The Hall–Kier alpha value is -1.09. The fourth-order valence-corrected chi connectivity index (χ4v) is 2.61. The summed E-state index contributed by atoms with van der Waals surface area (Å²) in [6.07, 6.45) is -4.54. The number of nitrogens with one attached hydrogen (secondary N) is 1. The van der Waals surface area contributed by atoms with Crippen LogP contribution >= 0.6 is 12.4 Å². The molecule has 0 aliphatic carbocycles. The molecule has 0 bridgehead atoms. The summed E-state index contributed by atoms with van der Waals surface area (Å²) in [6.45, 7) is 2.93. The molecule has 0 aromatic heterocycles. The predicted molar refractivity (Wildman–Crippen MR) is 79.2 cm³/mol. The van der Waals surface area contributed by atoms with Crippen molar-refractivity contribution in [2.75, 3.05) is 32.8 Å². The zero-order valence-electron chi connectivity index (χ0n) is 12.3. The minimum absolute atomic E-state index is 0. The van der Waals surface area contributed by atoms with Gasteiger partial charge in [-0.3, -0.25) is 4.90 Å². The number of hydrogen-bond donors (Lipinski definition) is 2. The van der Waals surface area contributed by atoms with Crippen LogP contribution in [0.2, 0.25) is 0 Å². The van der Waals surface area contributed by atoms with Gasteiger partial charge in [-0.15, -0.1) is 25.6 Å². The minimum Gasteiger partial charge on any atom is -0.403 e. The highest BCUT2D eigenvalue weighted by Gasteiger charge is 2.32. The molecular formula is C14H19ClF4N2O2. The van der Waals surface area contributed by atoms with Crippen LogP contribution in [0.4, 0.5) is 17.6 Å². The van der Waals surface area contributed by atoms with Gasteiger partial charge in [-0.05, 0) is 24.1 Å². The van der Waals surface area contributed by atoms with Gasteiger partial charge in [0.25, 0.3) is 0 Å². The number of rotatable bonds is 5. The lowest BCUT2D eigenvalue weighted by molar-refractivity contribution is -0.275. The first-order valence-electron chi connectivity index (χ1n) is 7.01. The maximum absolute atomic E-state index is 13.8. The summed E-state index contributed by atoms with van der Waals surface area (Å²) >= 11 is 0. The molecule has 1 aliphatic rings. The molecular weight excluding hydrogens is 340 g/mol. The van der Waals surface area contributed by atoms with Crippen molar-refractivity contribution in [2.45, 2.75) is 18.8 Å². The molecule has 2 N–H and O–H groups in total. The highest BCUT2D eigenvalue weighted by Crippen LogP contribution is 2.30. The van der Waals surface area contributed by atoms with Crippen LogP contribution in [0.1, 0.15) is 18.0 Å². The van der Waals surface area contributed by atoms with Crippen molar-refractivity contribution in [1.82, 2.24) is 10.2 Å². The summed E-state index contributed by atoms with van der Waals surface area (Å²) < 4.78 is 53.9. The number of hydrogen-bond acceptors (Lipinski definition) is 4. The first-order valence-corrected chi connectivity index (χ1v) is 7.01. The normalized spacial score (nSPS) is 17.4. The maximum atomic E-state index is 13.8. The number of alkyl halides is 3. The smallest absolute Gasteiger partial charge is 0.403 e. The lowest BCUT2D eigenvalue weighted by Crippen LogP contribution is -2.45. The second-order valence-corrected chi connectivity index (χ2v) is 5.05. The lowest BCUT2D eigenvalue weighted by Gasteiger charge is -2.35. The van der Waals surface area contributed by atoms with Gasteiger partial charge in [0.2, 0.25) is 0 Å². The van der Waals surface area contributed by atoms with Gasteiger partial charge in [0.1, 0.15) is 0 Å². The van der Waals surface area contributed by atoms with Crippen LogP contribution in [0.25, 0.3) is 0 Å². The third-order valence-electron chi connectivity index (χ3n) is 3.56. The standard InChI is InChI=1S/C14H18F4N2O2.ClH/c15-11-9-10(1-2-13(11)22-14(16,17)18)12(3-8-21)20-6-4-19-5-7-20;/h1-2,9,12,19,21H,3-8H2;1H/t12-;/m1./s1. The molecule has 0 unspecified atom stereocenters. The van der Waals surface area contributed by atoms with Crippen LogP contribution in [0.5, 0.6) is 5.75 Å². The van der Waals surface area contributed by atoms with E-state index in [2.05, 4.69) is 15.0 Å². The molecule has 132 valence electrons. The van der Waals surface area contributed by atoms with Gasteiger partial charge < -0.3 is 15.2 Å². The molecule has 0 saturated carbocycles. The van der Waals surface area contributed by atoms with Gasteiger partial charge >= 0.3 is 6.36 Å². The zero-order chi connectivity index (χ0) is 16.2. The van der Waals surface area contributed by atoms with E-state index in [1.54, 1.807) is 0 Å². The topological polar surface area (TPSA) is 44.7 Å². The molecule has 23 heavy (non-hydrogen) atoms. The van der Waals surface area contributed by atoms with Crippen molar-refractivity contribution in [1.29, 1.82) is 0 Å². The van der Waals surface area contributed by atoms with E-state index in [4.69, 9.17) is 0 Å². The Morgan fingerprint density at radius 3 is 2.43 bits per heavy atom. The molecule has 1 aromatic rings. The Kier molecular flexibility index (Phi) is 7.53. The summed E-state index contributed by atoms with van der Waals surface area (Å²) in [6, 6.07) is 3.20. The van der Waals surface area contributed by atoms with E-state index in [0.717, 1.165) is 38.3 Å². The summed E-state index contributed by atoms with van der Waals surface area (Å²) in [5.74, 6) is -1.91. The Bertz CT molecular complexity index is 496. The fraction of sp³-hybridized carbons (Fsp3) is 0.571. The lowest BCUT2D eigenvalue weighted by atomic mass is 10.0. The van der Waals surface area contributed by atoms with Crippen LogP contribution in [0, 0.1) is 5.82 Å². The van der Waals surface area contributed by atoms with Crippen molar-refractivity contribution >= 4 is 12.4 Å². The third kappa shape index (κ3) is 5.80. The van der Waals surface area contributed by atoms with E-state index < -0.39 is 17.9 Å². The van der Waals surface area contributed by atoms with Gasteiger partial charge in [0, 0.05) is 38.8 Å². The van der Waals surface area contributed by atoms with E-state index in [1.807, 2.05) is 0 Å². The number of benzene rings is 1. The average molecular weight is 359 g/mol. The van der Waals surface area contributed by atoms with Gasteiger partial charge in [0.05, 0.1) is 0 Å². The molecule has 0 spiro atoms. The Balaban J connectivity index is 0.00000264. The molecule has 1 fully saturated rings. The Morgan fingerprint density at radius 2 is 1.91 bits per heavy atom. The molecule has 1 aliphatic heterocycles. The van der Waals surface area contributed by atoms with E-state index in [-0.39, 0.29) is 25.1 Å². The number of piperazine rings is 1. The minimum atomic E-state index is -4.93. The molecule has 1 saturated heterocycles. The van der Waals surface area contributed by atoms with Gasteiger partial charge in [-0.25, -0.2) is 4.39 Å². The number of aliphatic hydroxyl groups is 1. The summed E-state index contributed by atoms with van der Waals surface area (Å²) in [5, 5.41) is 12.4. The van der Waals surface area contributed by atoms with E-state index in [9.17, 15) is 22.7 Å². The average Bonchev–Trinajstić information content (AvgIpc) is 2.47. The second kappa shape index (κ2) is 8.68. The Morgan fingerprint density at radius 1 is 1.26 bits per heavy atom. The van der Waals surface area contributed by atoms with Crippen molar-refractivity contribution in [2.24, 2.45) is 0 Å². The van der Waals surface area contributed by atoms with Crippen LogP contribution in [-0.4, -0.2) is 49.2 Å². The quantitative estimate of drug-likeness (QED) is 0.794. The van der Waals surface area contributed by atoms with Crippen molar-refractivity contribution in [3.63, 3.8) is 0 Å². The van der Waals surface area contributed by atoms with Crippen LogP contribution in [0.15, 0.2) is 18.2 Å². The molecule has 1 heterocycles. The van der Waals surface area contributed by atoms with E-state index >= 15 is 0 Å². The molecule has 2 rings (SSSR count). The van der Waals surface area contributed by atoms with Crippen molar-refractivity contribution < 1.29 is 27.4 Å².